The minimum absolute atomic E-state index is 0.615. The second-order valence-electron chi connectivity index (χ2n) is 5.37. The molecule has 0 amide bonds. The molecule has 0 saturated heterocycles. The molecule has 0 aliphatic carbocycles. The molecule has 1 aliphatic rings. The van der Waals surface area contributed by atoms with E-state index < -0.39 is 0 Å². The fourth-order valence-electron chi connectivity index (χ4n) is 2.86. The summed E-state index contributed by atoms with van der Waals surface area (Å²) in [6.07, 6.45) is 5.53. The van der Waals surface area contributed by atoms with Crippen LogP contribution in [0.3, 0.4) is 0 Å². The van der Waals surface area contributed by atoms with Gasteiger partial charge in [0.1, 0.15) is 5.75 Å². The zero-order chi connectivity index (χ0) is 15.8. The van der Waals surface area contributed by atoms with Crippen molar-refractivity contribution in [3.05, 3.63) is 58.8 Å². The molecular weight excluding hydrogens is 486 g/mol. The summed E-state index contributed by atoms with van der Waals surface area (Å²) in [5, 5.41) is 4.36. The average Bonchev–Trinajstić information content (AvgIpc) is 2.97. The molecule has 3 aromatic rings. The standard InChI is InChI=1S/C17H13BrIN2OP/c18-14-2-4-15-12(7-14)5-6-22-17-8-11(1-3-16(15)17)13-9-20-21(10-13)23-19/h1-4,7-10,23H,5-6H2. The summed E-state index contributed by atoms with van der Waals surface area (Å²) in [5.41, 5.74) is 6.02. The van der Waals surface area contributed by atoms with Gasteiger partial charge in [0, 0.05) is 28.2 Å². The zero-order valence-electron chi connectivity index (χ0n) is 12.1. The highest BCUT2D eigenvalue weighted by Crippen LogP contribution is 2.39. The van der Waals surface area contributed by atoms with E-state index in [4.69, 9.17) is 4.74 Å². The van der Waals surface area contributed by atoms with Gasteiger partial charge in [-0.2, -0.15) is 5.10 Å². The van der Waals surface area contributed by atoms with Crippen molar-refractivity contribution in [3.8, 4) is 28.0 Å². The van der Waals surface area contributed by atoms with E-state index in [9.17, 15) is 0 Å². The molecule has 0 spiro atoms. The largest absolute Gasteiger partial charge is 0.493 e. The molecular formula is C17H13BrIN2OP. The van der Waals surface area contributed by atoms with Gasteiger partial charge in [-0.15, -0.1) is 0 Å². The molecule has 23 heavy (non-hydrogen) atoms. The molecule has 1 aromatic heterocycles. The zero-order valence-corrected chi connectivity index (χ0v) is 16.8. The second kappa shape index (κ2) is 6.54. The molecule has 4 rings (SSSR count). The Morgan fingerprint density at radius 1 is 1.13 bits per heavy atom. The molecule has 1 atom stereocenters. The van der Waals surface area contributed by atoms with Crippen LogP contribution in [0, 0.1) is 0 Å². The summed E-state index contributed by atoms with van der Waals surface area (Å²) in [4.78, 5) is 0. The van der Waals surface area contributed by atoms with Crippen molar-refractivity contribution < 1.29 is 4.74 Å². The van der Waals surface area contributed by atoms with Crippen molar-refractivity contribution >= 4 is 44.3 Å². The van der Waals surface area contributed by atoms with Gasteiger partial charge >= 0.3 is 0 Å². The Kier molecular flexibility index (Phi) is 4.43. The number of benzene rings is 2. The minimum atomic E-state index is 0.615. The summed E-state index contributed by atoms with van der Waals surface area (Å²) in [5.74, 6) is 0.952. The molecule has 6 heteroatoms. The van der Waals surface area contributed by atoms with E-state index in [1.807, 2.05) is 10.6 Å². The number of halogens is 2. The van der Waals surface area contributed by atoms with Gasteiger partial charge in [0.05, 0.1) is 19.2 Å². The van der Waals surface area contributed by atoms with Gasteiger partial charge in [-0.05, 0) is 56.9 Å². The first kappa shape index (κ1) is 15.6. The van der Waals surface area contributed by atoms with E-state index in [1.165, 1.54) is 11.1 Å². The highest BCUT2D eigenvalue weighted by atomic mass is 127. The maximum absolute atomic E-state index is 6.02. The van der Waals surface area contributed by atoms with E-state index in [0.717, 1.165) is 33.3 Å². The molecule has 3 nitrogen and oxygen atoms in total. The van der Waals surface area contributed by atoms with Crippen LogP contribution in [-0.2, 0) is 6.42 Å². The lowest BCUT2D eigenvalue weighted by Gasteiger charge is -2.10. The van der Waals surface area contributed by atoms with Crippen LogP contribution in [0.5, 0.6) is 5.75 Å². The quantitative estimate of drug-likeness (QED) is 0.334. The van der Waals surface area contributed by atoms with Gasteiger partial charge in [-0.1, -0.05) is 34.1 Å². The maximum Gasteiger partial charge on any atom is 0.127 e. The smallest absolute Gasteiger partial charge is 0.127 e. The first-order valence-corrected chi connectivity index (χ1v) is 12.1. The molecule has 0 saturated carbocycles. The fourth-order valence-corrected chi connectivity index (χ4v) is 4.35. The van der Waals surface area contributed by atoms with E-state index >= 15 is 0 Å². The highest BCUT2D eigenvalue weighted by molar-refractivity contribution is 14.2. The predicted octanol–water partition coefficient (Wildman–Crippen LogP) is 5.71. The first-order valence-electron chi connectivity index (χ1n) is 7.22. The number of hydrogen-bond donors (Lipinski definition) is 0. The summed E-state index contributed by atoms with van der Waals surface area (Å²) < 4.78 is 9.09. The molecule has 0 N–H and O–H groups in total. The normalized spacial score (nSPS) is 13.5. The number of hydrogen-bond acceptors (Lipinski definition) is 2. The Morgan fingerprint density at radius 3 is 2.83 bits per heavy atom. The number of rotatable bonds is 2. The van der Waals surface area contributed by atoms with Crippen LogP contribution in [0.15, 0.2) is 53.3 Å². The molecule has 1 unspecified atom stereocenters. The third-order valence-electron chi connectivity index (χ3n) is 3.97. The Labute approximate surface area is 157 Å². The van der Waals surface area contributed by atoms with E-state index in [1.54, 1.807) is 0 Å². The minimum Gasteiger partial charge on any atom is -0.493 e. The molecule has 0 radical (unpaired) electrons. The van der Waals surface area contributed by atoms with Gasteiger partial charge in [-0.25, -0.2) is 4.45 Å². The fraction of sp³-hybridized carbons (Fsp3) is 0.118. The van der Waals surface area contributed by atoms with Crippen molar-refractivity contribution in [2.75, 3.05) is 6.61 Å². The summed E-state index contributed by atoms with van der Waals surface area (Å²) in [6.45, 7) is 0.703. The molecule has 0 bridgehead atoms. The third-order valence-corrected chi connectivity index (χ3v) is 6.36. The van der Waals surface area contributed by atoms with Crippen LogP contribution in [-0.4, -0.2) is 16.2 Å². The van der Waals surface area contributed by atoms with Gasteiger partial charge in [0.2, 0.25) is 0 Å². The number of nitrogens with zero attached hydrogens (tertiary/aromatic N) is 2. The maximum atomic E-state index is 6.02. The van der Waals surface area contributed by atoms with Gasteiger partial charge in [-0.3, -0.25) is 0 Å². The van der Waals surface area contributed by atoms with Crippen LogP contribution in [0.4, 0.5) is 0 Å². The SMILES string of the molecule is Brc1ccc2c(c1)CCOc1cc(-c3cnn(PI)c3)ccc1-2. The molecule has 2 aromatic carbocycles. The van der Waals surface area contributed by atoms with Crippen LogP contribution >= 0.6 is 44.3 Å². The van der Waals surface area contributed by atoms with E-state index in [0.29, 0.717) is 13.0 Å². The van der Waals surface area contributed by atoms with E-state index in [-0.39, 0.29) is 0 Å². The second-order valence-corrected chi connectivity index (χ2v) is 8.36. The molecule has 0 fully saturated rings. The van der Waals surface area contributed by atoms with Crippen molar-refractivity contribution in [3.63, 3.8) is 0 Å². The molecule has 1 aliphatic heterocycles. The van der Waals surface area contributed by atoms with Crippen molar-refractivity contribution in [2.45, 2.75) is 6.42 Å². The first-order chi connectivity index (χ1) is 11.2. The number of fused-ring (bicyclic) bond motifs is 3. The lowest BCUT2D eigenvalue weighted by Crippen LogP contribution is -1.98. The monoisotopic (exact) mass is 498 g/mol. The topological polar surface area (TPSA) is 27.1 Å². The van der Waals surface area contributed by atoms with E-state index in [2.05, 4.69) is 85.7 Å². The summed E-state index contributed by atoms with van der Waals surface area (Å²) in [7, 11) is 0. The average molecular weight is 499 g/mol. The van der Waals surface area contributed by atoms with Crippen LogP contribution in [0.25, 0.3) is 22.3 Å². The lowest BCUT2D eigenvalue weighted by molar-refractivity contribution is 0.326. The van der Waals surface area contributed by atoms with Crippen LogP contribution in [0.1, 0.15) is 5.56 Å². The predicted molar refractivity (Wildman–Crippen MR) is 108 cm³/mol. The van der Waals surface area contributed by atoms with Crippen molar-refractivity contribution in [1.82, 2.24) is 9.55 Å². The van der Waals surface area contributed by atoms with Gasteiger partial charge in [0.25, 0.3) is 0 Å². The Hall–Kier alpha value is -0.910. The number of aromatic nitrogens is 2. The summed E-state index contributed by atoms with van der Waals surface area (Å²) in [6, 6.07) is 12.9. The van der Waals surface area contributed by atoms with Gasteiger partial charge in [0.15, 0.2) is 0 Å². The van der Waals surface area contributed by atoms with Crippen molar-refractivity contribution in [2.24, 2.45) is 0 Å². The third kappa shape index (κ3) is 3.06. The Morgan fingerprint density at radius 2 is 2.00 bits per heavy atom. The van der Waals surface area contributed by atoms with Crippen molar-refractivity contribution in [1.29, 1.82) is 0 Å². The van der Waals surface area contributed by atoms with Crippen LogP contribution < -0.4 is 4.74 Å². The summed E-state index contributed by atoms with van der Waals surface area (Å²) >= 11 is 5.89. The van der Waals surface area contributed by atoms with Crippen LogP contribution in [0.2, 0.25) is 0 Å². The molecule has 116 valence electrons. The molecule has 2 heterocycles. The Balaban J connectivity index is 1.80. The lowest BCUT2D eigenvalue weighted by atomic mass is 9.96. The number of ether oxygens (including phenoxy) is 1. The van der Waals surface area contributed by atoms with Gasteiger partial charge < -0.3 is 4.74 Å². The Bertz CT molecular complexity index is 881. The highest BCUT2D eigenvalue weighted by Gasteiger charge is 2.16.